The van der Waals surface area contributed by atoms with Crippen molar-refractivity contribution >= 4 is 77.0 Å². The quantitative estimate of drug-likeness (QED) is 0.191. The standard InChI is InChI=1S/C40H36N6O2/c1-23-25-15-17-41-19-29(25)31(37-27-9-5-7-11-33(27)45(3)39(23)37)21-43-35(47)13-14-36(48)44-22-32-30-20-42-18-16-26(30)24(2)40-38(32)28-10-6-8-12-34(28)46(40)4/h5-12,15-20H,13-14,21-22H2,1-4H3,(H,43,47)(H,44,48). The molecule has 0 aliphatic rings. The molecule has 8 heteroatoms. The highest BCUT2D eigenvalue weighted by Gasteiger charge is 2.21. The van der Waals surface area contributed by atoms with Gasteiger partial charge in [0.1, 0.15) is 0 Å². The Hall–Kier alpha value is -5.76. The summed E-state index contributed by atoms with van der Waals surface area (Å²) < 4.78 is 4.46. The average Bonchev–Trinajstić information content (AvgIpc) is 3.58. The van der Waals surface area contributed by atoms with Gasteiger partial charge in [0.2, 0.25) is 11.8 Å². The van der Waals surface area contributed by atoms with Crippen LogP contribution >= 0.6 is 0 Å². The Balaban J connectivity index is 1.03. The maximum absolute atomic E-state index is 13.2. The van der Waals surface area contributed by atoms with E-state index in [1.165, 1.54) is 11.1 Å². The minimum atomic E-state index is -0.169. The monoisotopic (exact) mass is 632 g/mol. The number of nitrogens with zero attached hydrogens (tertiary/aromatic N) is 4. The van der Waals surface area contributed by atoms with Gasteiger partial charge in [0, 0.05) is 108 Å². The van der Waals surface area contributed by atoms with Gasteiger partial charge < -0.3 is 19.8 Å². The van der Waals surface area contributed by atoms with E-state index in [1.54, 1.807) is 0 Å². The maximum atomic E-state index is 13.2. The SMILES string of the molecule is Cc1c2ccncc2c(CNC(=O)CCC(=O)NCc2c3cnccc3c(C)c3c2c2ccccc2n3C)c2c3ccccc3n(C)c12. The van der Waals surface area contributed by atoms with Crippen molar-refractivity contribution in [1.82, 2.24) is 29.7 Å². The van der Waals surface area contributed by atoms with Gasteiger partial charge in [-0.3, -0.25) is 19.6 Å². The molecule has 0 fully saturated rings. The highest BCUT2D eigenvalue weighted by atomic mass is 16.2. The Morgan fingerprint density at radius 3 is 1.44 bits per heavy atom. The predicted octanol–water partition coefficient (Wildman–Crippen LogP) is 7.40. The molecule has 0 unspecified atom stereocenters. The third-order valence-electron chi connectivity index (χ3n) is 10.1. The normalized spacial score (nSPS) is 11.8. The fourth-order valence-electron chi connectivity index (χ4n) is 7.87. The number of para-hydroxylation sites is 2. The van der Waals surface area contributed by atoms with Crippen LogP contribution in [0.5, 0.6) is 0 Å². The number of carbonyl (C=O) groups is 2. The van der Waals surface area contributed by atoms with Gasteiger partial charge in [-0.2, -0.15) is 0 Å². The lowest BCUT2D eigenvalue weighted by atomic mass is 9.95. The summed E-state index contributed by atoms with van der Waals surface area (Å²) in [5, 5.41) is 15.1. The zero-order valence-electron chi connectivity index (χ0n) is 27.5. The summed E-state index contributed by atoms with van der Waals surface area (Å²) >= 11 is 0. The molecule has 8 nitrogen and oxygen atoms in total. The van der Waals surface area contributed by atoms with E-state index in [-0.39, 0.29) is 24.7 Å². The van der Waals surface area contributed by atoms with Crippen LogP contribution in [0.2, 0.25) is 0 Å². The Morgan fingerprint density at radius 1 is 0.583 bits per heavy atom. The number of aromatic nitrogens is 4. The molecular weight excluding hydrogens is 596 g/mol. The number of amides is 2. The van der Waals surface area contributed by atoms with Gasteiger partial charge >= 0.3 is 0 Å². The number of benzene rings is 4. The molecule has 4 aromatic heterocycles. The molecule has 0 bridgehead atoms. The molecular formula is C40H36N6O2. The Morgan fingerprint density at radius 2 is 1.00 bits per heavy atom. The molecule has 2 amide bonds. The lowest BCUT2D eigenvalue weighted by molar-refractivity contribution is -0.126. The van der Waals surface area contributed by atoms with Crippen LogP contribution in [0.1, 0.15) is 35.1 Å². The number of hydrogen-bond donors (Lipinski definition) is 2. The summed E-state index contributed by atoms with van der Waals surface area (Å²) in [5.74, 6) is -0.338. The maximum Gasteiger partial charge on any atom is 0.220 e. The lowest BCUT2D eigenvalue weighted by Gasteiger charge is -2.15. The minimum absolute atomic E-state index is 0.0897. The zero-order chi connectivity index (χ0) is 33.1. The summed E-state index contributed by atoms with van der Waals surface area (Å²) in [6.07, 6.45) is 7.57. The molecule has 8 aromatic rings. The first-order chi connectivity index (χ1) is 23.3. The van der Waals surface area contributed by atoms with Gasteiger partial charge in [-0.25, -0.2) is 0 Å². The Labute approximate surface area is 277 Å². The molecule has 238 valence electrons. The van der Waals surface area contributed by atoms with E-state index in [1.807, 2.05) is 61.2 Å². The number of carbonyl (C=O) groups excluding carboxylic acids is 2. The number of nitrogens with one attached hydrogen (secondary N) is 2. The van der Waals surface area contributed by atoms with E-state index in [4.69, 9.17) is 0 Å². The zero-order valence-corrected chi connectivity index (χ0v) is 27.5. The predicted molar refractivity (Wildman–Crippen MR) is 194 cm³/mol. The van der Waals surface area contributed by atoms with E-state index in [2.05, 4.69) is 81.9 Å². The smallest absolute Gasteiger partial charge is 0.220 e. The van der Waals surface area contributed by atoms with Gasteiger partial charge in [0.05, 0.1) is 11.0 Å². The largest absolute Gasteiger partial charge is 0.352 e. The summed E-state index contributed by atoms with van der Waals surface area (Å²) in [7, 11) is 4.18. The number of fused-ring (bicyclic) bond motifs is 8. The van der Waals surface area contributed by atoms with Crippen LogP contribution in [-0.2, 0) is 36.8 Å². The molecule has 48 heavy (non-hydrogen) atoms. The minimum Gasteiger partial charge on any atom is -0.352 e. The fourth-order valence-corrected chi connectivity index (χ4v) is 7.87. The lowest BCUT2D eigenvalue weighted by Crippen LogP contribution is -2.27. The van der Waals surface area contributed by atoms with Crippen molar-refractivity contribution in [2.45, 2.75) is 39.8 Å². The number of hydrogen-bond acceptors (Lipinski definition) is 4. The molecule has 0 aliphatic heterocycles. The van der Waals surface area contributed by atoms with Crippen LogP contribution < -0.4 is 10.6 Å². The third-order valence-corrected chi connectivity index (χ3v) is 10.1. The number of aryl methyl sites for hydroxylation is 4. The molecule has 2 N–H and O–H groups in total. The number of pyridine rings is 2. The van der Waals surface area contributed by atoms with E-state index >= 15 is 0 Å². The van der Waals surface area contributed by atoms with Crippen molar-refractivity contribution < 1.29 is 9.59 Å². The van der Waals surface area contributed by atoms with Gasteiger partial charge in [-0.1, -0.05) is 36.4 Å². The summed E-state index contributed by atoms with van der Waals surface area (Å²) in [6.45, 7) is 4.97. The van der Waals surface area contributed by atoms with Crippen molar-refractivity contribution in [3.8, 4) is 0 Å². The van der Waals surface area contributed by atoms with E-state index in [0.29, 0.717) is 13.1 Å². The van der Waals surface area contributed by atoms with Crippen LogP contribution in [0, 0.1) is 13.8 Å². The van der Waals surface area contributed by atoms with Crippen LogP contribution in [0.3, 0.4) is 0 Å². The third kappa shape index (κ3) is 4.51. The second-order valence-electron chi connectivity index (χ2n) is 12.7. The van der Waals surface area contributed by atoms with Gasteiger partial charge in [-0.15, -0.1) is 0 Å². The van der Waals surface area contributed by atoms with Crippen molar-refractivity contribution in [1.29, 1.82) is 0 Å². The second kappa shape index (κ2) is 11.5. The van der Waals surface area contributed by atoms with E-state index in [9.17, 15) is 9.59 Å². The topological polar surface area (TPSA) is 93.8 Å². The van der Waals surface area contributed by atoms with E-state index < -0.39 is 0 Å². The molecule has 8 rings (SSSR count). The molecule has 0 saturated carbocycles. The first-order valence-corrected chi connectivity index (χ1v) is 16.3. The summed E-state index contributed by atoms with van der Waals surface area (Å²) in [6, 6.07) is 20.8. The molecule has 0 spiro atoms. The number of rotatable bonds is 7. The average molecular weight is 633 g/mol. The first kappa shape index (κ1) is 29.6. The Kier molecular flexibility index (Phi) is 7.09. The molecule has 0 aliphatic carbocycles. The van der Waals surface area contributed by atoms with Gasteiger partial charge in [-0.05, 0) is 71.1 Å². The molecule has 4 aromatic carbocycles. The molecule has 4 heterocycles. The van der Waals surface area contributed by atoms with Crippen molar-refractivity contribution in [3.05, 3.63) is 108 Å². The van der Waals surface area contributed by atoms with Crippen LogP contribution in [0.4, 0.5) is 0 Å². The van der Waals surface area contributed by atoms with Gasteiger partial charge in [0.15, 0.2) is 0 Å². The van der Waals surface area contributed by atoms with Crippen molar-refractivity contribution in [2.75, 3.05) is 0 Å². The highest BCUT2D eigenvalue weighted by Crippen LogP contribution is 2.39. The first-order valence-electron chi connectivity index (χ1n) is 16.3. The van der Waals surface area contributed by atoms with Crippen molar-refractivity contribution in [2.24, 2.45) is 14.1 Å². The summed E-state index contributed by atoms with van der Waals surface area (Å²) in [5.41, 5.74) is 9.02. The molecule has 0 saturated heterocycles. The molecule has 0 radical (unpaired) electrons. The highest BCUT2D eigenvalue weighted by molar-refractivity contribution is 6.18. The van der Waals surface area contributed by atoms with Crippen LogP contribution in [0.15, 0.2) is 85.5 Å². The van der Waals surface area contributed by atoms with Crippen LogP contribution in [-0.4, -0.2) is 30.9 Å². The second-order valence-corrected chi connectivity index (χ2v) is 12.7. The fraction of sp³-hybridized carbons (Fsp3) is 0.200. The Bertz CT molecular complexity index is 2430. The van der Waals surface area contributed by atoms with Crippen LogP contribution in [0.25, 0.3) is 65.2 Å². The molecule has 0 atom stereocenters. The summed E-state index contributed by atoms with van der Waals surface area (Å²) in [4.78, 5) is 35.3. The van der Waals surface area contributed by atoms with Gasteiger partial charge in [0.25, 0.3) is 0 Å². The van der Waals surface area contributed by atoms with Crippen molar-refractivity contribution in [3.63, 3.8) is 0 Å². The van der Waals surface area contributed by atoms with E-state index in [0.717, 1.165) is 76.3 Å².